The molecule has 0 aliphatic carbocycles. The van der Waals surface area contributed by atoms with Crippen molar-refractivity contribution in [3.05, 3.63) is 23.0 Å². The molecule has 0 spiro atoms. The second-order valence-corrected chi connectivity index (χ2v) is 4.69. The SMILES string of the molecule is Cc1cc(C(=O)NC[C@H]2CCCO2)c(C)n1C. The highest BCUT2D eigenvalue weighted by molar-refractivity contribution is 5.95. The summed E-state index contributed by atoms with van der Waals surface area (Å²) in [6, 6.07) is 1.93. The van der Waals surface area contributed by atoms with Crippen LogP contribution in [-0.4, -0.2) is 29.7 Å². The molecule has 1 aliphatic heterocycles. The van der Waals surface area contributed by atoms with Gasteiger partial charge in [0.1, 0.15) is 0 Å². The molecule has 1 N–H and O–H groups in total. The third-order valence-corrected chi connectivity index (χ3v) is 3.53. The Morgan fingerprint density at radius 3 is 2.88 bits per heavy atom. The molecule has 17 heavy (non-hydrogen) atoms. The van der Waals surface area contributed by atoms with Crippen LogP contribution < -0.4 is 5.32 Å². The van der Waals surface area contributed by atoms with Crippen molar-refractivity contribution in [1.29, 1.82) is 0 Å². The molecule has 1 aromatic heterocycles. The van der Waals surface area contributed by atoms with E-state index in [1.165, 1.54) is 0 Å². The van der Waals surface area contributed by atoms with Crippen molar-refractivity contribution >= 4 is 5.91 Å². The molecular weight excluding hydrogens is 216 g/mol. The summed E-state index contributed by atoms with van der Waals surface area (Å²) in [7, 11) is 1.97. The first-order valence-electron chi connectivity index (χ1n) is 6.12. The van der Waals surface area contributed by atoms with E-state index in [1.54, 1.807) is 0 Å². The molecule has 4 nitrogen and oxygen atoms in total. The van der Waals surface area contributed by atoms with Crippen LogP contribution in [0, 0.1) is 13.8 Å². The molecule has 1 aromatic rings. The van der Waals surface area contributed by atoms with Crippen molar-refractivity contribution < 1.29 is 9.53 Å². The van der Waals surface area contributed by atoms with Crippen molar-refractivity contribution in [1.82, 2.24) is 9.88 Å². The van der Waals surface area contributed by atoms with Gasteiger partial charge in [-0.3, -0.25) is 4.79 Å². The van der Waals surface area contributed by atoms with E-state index in [9.17, 15) is 4.79 Å². The summed E-state index contributed by atoms with van der Waals surface area (Å²) in [4.78, 5) is 12.0. The average molecular weight is 236 g/mol. The maximum atomic E-state index is 12.0. The van der Waals surface area contributed by atoms with E-state index in [2.05, 4.69) is 5.32 Å². The zero-order valence-electron chi connectivity index (χ0n) is 10.7. The Balaban J connectivity index is 1.96. The molecule has 4 heteroatoms. The summed E-state index contributed by atoms with van der Waals surface area (Å²) >= 11 is 0. The summed E-state index contributed by atoms with van der Waals surface area (Å²) in [6.45, 7) is 5.41. The topological polar surface area (TPSA) is 43.3 Å². The zero-order valence-corrected chi connectivity index (χ0v) is 10.7. The fourth-order valence-corrected chi connectivity index (χ4v) is 2.19. The first-order chi connectivity index (χ1) is 8.09. The van der Waals surface area contributed by atoms with Gasteiger partial charge in [0.05, 0.1) is 11.7 Å². The number of ether oxygens (including phenoxy) is 1. The van der Waals surface area contributed by atoms with E-state index >= 15 is 0 Å². The largest absolute Gasteiger partial charge is 0.376 e. The van der Waals surface area contributed by atoms with Crippen LogP contribution in [0.3, 0.4) is 0 Å². The molecule has 0 bridgehead atoms. The number of carbonyl (C=O) groups is 1. The van der Waals surface area contributed by atoms with Crippen LogP contribution in [0.2, 0.25) is 0 Å². The van der Waals surface area contributed by atoms with Gasteiger partial charge < -0.3 is 14.6 Å². The van der Waals surface area contributed by atoms with Crippen molar-refractivity contribution in [2.45, 2.75) is 32.8 Å². The highest BCUT2D eigenvalue weighted by atomic mass is 16.5. The predicted octanol–water partition coefficient (Wildman–Crippen LogP) is 1.55. The van der Waals surface area contributed by atoms with Crippen LogP contribution in [-0.2, 0) is 11.8 Å². The van der Waals surface area contributed by atoms with Gasteiger partial charge in [0, 0.05) is 31.6 Å². The summed E-state index contributed by atoms with van der Waals surface area (Å²) < 4.78 is 7.51. The van der Waals surface area contributed by atoms with Gasteiger partial charge in [-0.15, -0.1) is 0 Å². The van der Waals surface area contributed by atoms with Crippen molar-refractivity contribution in [2.24, 2.45) is 7.05 Å². The van der Waals surface area contributed by atoms with Crippen LogP contribution in [0.5, 0.6) is 0 Å². The van der Waals surface area contributed by atoms with E-state index in [-0.39, 0.29) is 12.0 Å². The van der Waals surface area contributed by atoms with E-state index in [0.717, 1.165) is 36.4 Å². The fraction of sp³-hybridized carbons (Fsp3) is 0.615. The van der Waals surface area contributed by atoms with Crippen LogP contribution in [0.4, 0.5) is 0 Å². The Labute approximate surface area is 102 Å². The first-order valence-corrected chi connectivity index (χ1v) is 6.12. The van der Waals surface area contributed by atoms with Gasteiger partial charge in [0.15, 0.2) is 0 Å². The summed E-state index contributed by atoms with van der Waals surface area (Å²) in [5, 5.41) is 2.94. The lowest BCUT2D eigenvalue weighted by molar-refractivity contribution is 0.0857. The Kier molecular flexibility index (Phi) is 3.52. The van der Waals surface area contributed by atoms with Crippen molar-refractivity contribution in [3.63, 3.8) is 0 Å². The van der Waals surface area contributed by atoms with Gasteiger partial charge in [0.2, 0.25) is 0 Å². The van der Waals surface area contributed by atoms with Crippen LogP contribution >= 0.6 is 0 Å². The molecule has 0 unspecified atom stereocenters. The lowest BCUT2D eigenvalue weighted by Crippen LogP contribution is -2.31. The smallest absolute Gasteiger partial charge is 0.253 e. The highest BCUT2D eigenvalue weighted by Gasteiger charge is 2.18. The Morgan fingerprint density at radius 1 is 1.59 bits per heavy atom. The van der Waals surface area contributed by atoms with Gasteiger partial charge in [-0.1, -0.05) is 0 Å². The van der Waals surface area contributed by atoms with Crippen LogP contribution in [0.25, 0.3) is 0 Å². The molecule has 2 rings (SSSR count). The Bertz CT molecular complexity index is 417. The number of carbonyl (C=O) groups excluding carboxylic acids is 1. The molecule has 0 radical (unpaired) electrons. The molecule has 2 heterocycles. The zero-order chi connectivity index (χ0) is 12.4. The molecule has 0 saturated carbocycles. The number of aromatic nitrogens is 1. The summed E-state index contributed by atoms with van der Waals surface area (Å²) in [5.74, 6) is 0.00157. The van der Waals surface area contributed by atoms with E-state index in [4.69, 9.17) is 4.74 Å². The van der Waals surface area contributed by atoms with Gasteiger partial charge >= 0.3 is 0 Å². The summed E-state index contributed by atoms with van der Waals surface area (Å²) in [6.07, 6.45) is 2.35. The number of hydrogen-bond donors (Lipinski definition) is 1. The monoisotopic (exact) mass is 236 g/mol. The number of nitrogens with one attached hydrogen (secondary N) is 1. The third-order valence-electron chi connectivity index (χ3n) is 3.53. The number of nitrogens with zero attached hydrogens (tertiary/aromatic N) is 1. The molecule has 1 atom stereocenters. The number of rotatable bonds is 3. The second-order valence-electron chi connectivity index (χ2n) is 4.69. The number of hydrogen-bond acceptors (Lipinski definition) is 2. The van der Waals surface area contributed by atoms with Gasteiger partial charge in [-0.2, -0.15) is 0 Å². The van der Waals surface area contributed by atoms with E-state index in [1.807, 2.05) is 31.5 Å². The lowest BCUT2D eigenvalue weighted by atomic mass is 10.2. The maximum Gasteiger partial charge on any atom is 0.253 e. The molecule has 94 valence electrons. The number of amides is 1. The molecule has 1 aliphatic rings. The minimum absolute atomic E-state index is 0.00157. The average Bonchev–Trinajstić information content (AvgIpc) is 2.91. The first kappa shape index (κ1) is 12.2. The molecule has 1 amide bonds. The fourth-order valence-electron chi connectivity index (χ4n) is 2.19. The second kappa shape index (κ2) is 4.92. The quantitative estimate of drug-likeness (QED) is 0.865. The Hall–Kier alpha value is -1.29. The van der Waals surface area contributed by atoms with E-state index in [0.29, 0.717) is 6.54 Å². The minimum Gasteiger partial charge on any atom is -0.376 e. The molecular formula is C13H20N2O2. The predicted molar refractivity (Wildman–Crippen MR) is 66.2 cm³/mol. The van der Waals surface area contributed by atoms with Crippen molar-refractivity contribution in [3.8, 4) is 0 Å². The molecule has 1 saturated heterocycles. The van der Waals surface area contributed by atoms with Crippen molar-refractivity contribution in [2.75, 3.05) is 13.2 Å². The van der Waals surface area contributed by atoms with E-state index < -0.39 is 0 Å². The maximum absolute atomic E-state index is 12.0. The van der Waals surface area contributed by atoms with Gasteiger partial charge in [0.25, 0.3) is 5.91 Å². The lowest BCUT2D eigenvalue weighted by Gasteiger charge is -2.10. The Morgan fingerprint density at radius 2 is 2.35 bits per heavy atom. The van der Waals surface area contributed by atoms with Gasteiger partial charge in [-0.25, -0.2) is 0 Å². The molecule has 1 fully saturated rings. The third kappa shape index (κ3) is 2.52. The number of aryl methyl sites for hydroxylation is 1. The van der Waals surface area contributed by atoms with Crippen LogP contribution in [0.15, 0.2) is 6.07 Å². The van der Waals surface area contributed by atoms with Gasteiger partial charge in [-0.05, 0) is 32.8 Å². The van der Waals surface area contributed by atoms with Crippen LogP contribution in [0.1, 0.15) is 34.6 Å². The normalized spacial score (nSPS) is 19.6. The molecule has 0 aromatic carbocycles. The summed E-state index contributed by atoms with van der Waals surface area (Å²) in [5.41, 5.74) is 2.88. The highest BCUT2D eigenvalue weighted by Crippen LogP contribution is 2.14. The standard InChI is InChI=1S/C13H20N2O2/c1-9-7-12(10(2)15(9)3)13(16)14-8-11-5-4-6-17-11/h7,11H,4-6,8H2,1-3H3,(H,14,16)/t11-/m1/s1. The minimum atomic E-state index is 0.00157.